The minimum atomic E-state index is -1.13. The van der Waals surface area contributed by atoms with Crippen molar-refractivity contribution < 1.29 is 14.7 Å². The SMILES string of the molecule is Cc1c(Cl)cccc1C(=O)CC(=O)O. The maximum Gasteiger partial charge on any atom is 0.311 e. The summed E-state index contributed by atoms with van der Waals surface area (Å²) in [6.45, 7) is 1.69. The molecule has 1 aromatic carbocycles. The molecule has 0 aliphatic carbocycles. The fourth-order valence-corrected chi connectivity index (χ4v) is 1.32. The molecule has 1 aromatic rings. The van der Waals surface area contributed by atoms with Crippen LogP contribution >= 0.6 is 11.6 Å². The van der Waals surface area contributed by atoms with E-state index in [-0.39, 0.29) is 0 Å². The van der Waals surface area contributed by atoms with E-state index in [9.17, 15) is 9.59 Å². The van der Waals surface area contributed by atoms with Crippen molar-refractivity contribution in [3.8, 4) is 0 Å². The Morgan fingerprint density at radius 3 is 2.64 bits per heavy atom. The molecule has 0 fully saturated rings. The molecule has 74 valence electrons. The van der Waals surface area contributed by atoms with Gasteiger partial charge in [0.25, 0.3) is 0 Å². The molecule has 0 aliphatic heterocycles. The van der Waals surface area contributed by atoms with Crippen molar-refractivity contribution in [2.45, 2.75) is 13.3 Å². The van der Waals surface area contributed by atoms with Gasteiger partial charge in [0.05, 0.1) is 0 Å². The van der Waals surface area contributed by atoms with E-state index in [1.165, 1.54) is 0 Å². The Morgan fingerprint density at radius 2 is 2.07 bits per heavy atom. The molecule has 4 heteroatoms. The number of hydrogen-bond donors (Lipinski definition) is 1. The van der Waals surface area contributed by atoms with Crippen LogP contribution in [-0.2, 0) is 4.79 Å². The van der Waals surface area contributed by atoms with E-state index in [1.54, 1.807) is 25.1 Å². The van der Waals surface area contributed by atoms with Gasteiger partial charge in [0.1, 0.15) is 6.42 Å². The third kappa shape index (κ3) is 2.33. The Bertz CT molecular complexity index is 385. The standard InChI is InChI=1S/C10H9ClO3/c1-6-7(3-2-4-8(6)11)9(12)5-10(13)14/h2-4H,5H2,1H3,(H,13,14). The van der Waals surface area contributed by atoms with E-state index in [0.717, 1.165) is 0 Å². The lowest BCUT2D eigenvalue weighted by molar-refractivity contribution is -0.135. The molecular weight excluding hydrogens is 204 g/mol. The van der Waals surface area contributed by atoms with Crippen molar-refractivity contribution in [1.82, 2.24) is 0 Å². The Kier molecular flexibility index (Phi) is 3.25. The van der Waals surface area contributed by atoms with Crippen molar-refractivity contribution in [1.29, 1.82) is 0 Å². The predicted octanol–water partition coefficient (Wildman–Crippen LogP) is 2.31. The van der Waals surface area contributed by atoms with Crippen molar-refractivity contribution in [3.05, 3.63) is 34.3 Å². The van der Waals surface area contributed by atoms with E-state index in [0.29, 0.717) is 16.1 Å². The molecule has 0 spiro atoms. The van der Waals surface area contributed by atoms with Gasteiger partial charge in [-0.3, -0.25) is 9.59 Å². The molecule has 0 atom stereocenters. The quantitative estimate of drug-likeness (QED) is 0.618. The average molecular weight is 213 g/mol. The number of hydrogen-bond acceptors (Lipinski definition) is 2. The maximum absolute atomic E-state index is 11.4. The first-order valence-corrected chi connectivity index (χ1v) is 4.40. The summed E-state index contributed by atoms with van der Waals surface area (Å²) >= 11 is 5.79. The minimum absolute atomic E-state index is 0.375. The normalized spacial score (nSPS) is 9.86. The van der Waals surface area contributed by atoms with Crippen LogP contribution in [0.1, 0.15) is 22.3 Å². The van der Waals surface area contributed by atoms with Crippen LogP contribution in [0.3, 0.4) is 0 Å². The number of carboxylic acid groups (broad SMARTS) is 1. The van der Waals surface area contributed by atoms with Gasteiger partial charge in [0, 0.05) is 10.6 Å². The monoisotopic (exact) mass is 212 g/mol. The fraction of sp³-hybridized carbons (Fsp3) is 0.200. The second kappa shape index (κ2) is 4.24. The molecule has 0 aromatic heterocycles. The number of aliphatic carboxylic acids is 1. The van der Waals surface area contributed by atoms with Gasteiger partial charge < -0.3 is 5.11 Å². The molecule has 0 amide bonds. The lowest BCUT2D eigenvalue weighted by atomic mass is 10.0. The number of Topliss-reactive ketones (excluding diaryl/α,β-unsaturated/α-hetero) is 1. The maximum atomic E-state index is 11.4. The Hall–Kier alpha value is -1.35. The highest BCUT2D eigenvalue weighted by molar-refractivity contribution is 6.32. The molecule has 0 radical (unpaired) electrons. The second-order valence-corrected chi connectivity index (χ2v) is 3.31. The van der Waals surface area contributed by atoms with Gasteiger partial charge in [0.2, 0.25) is 0 Å². The number of carboxylic acids is 1. The van der Waals surface area contributed by atoms with Gasteiger partial charge >= 0.3 is 5.97 Å². The lowest BCUT2D eigenvalue weighted by Crippen LogP contribution is -2.08. The highest BCUT2D eigenvalue weighted by Gasteiger charge is 2.13. The van der Waals surface area contributed by atoms with Gasteiger partial charge in [0.15, 0.2) is 5.78 Å². The molecule has 0 saturated heterocycles. The first kappa shape index (κ1) is 10.7. The Morgan fingerprint density at radius 1 is 1.43 bits per heavy atom. The lowest BCUT2D eigenvalue weighted by Gasteiger charge is -2.04. The molecule has 0 heterocycles. The number of carbonyl (C=O) groups is 2. The van der Waals surface area contributed by atoms with Crippen LogP contribution in [0.25, 0.3) is 0 Å². The summed E-state index contributed by atoms with van der Waals surface area (Å²) in [5, 5.41) is 8.92. The number of rotatable bonds is 3. The highest BCUT2D eigenvalue weighted by Crippen LogP contribution is 2.19. The van der Waals surface area contributed by atoms with Gasteiger partial charge in [-0.25, -0.2) is 0 Å². The van der Waals surface area contributed by atoms with Crippen molar-refractivity contribution in [2.24, 2.45) is 0 Å². The van der Waals surface area contributed by atoms with Crippen LogP contribution in [0.2, 0.25) is 5.02 Å². The van der Waals surface area contributed by atoms with E-state index in [1.807, 2.05) is 0 Å². The minimum Gasteiger partial charge on any atom is -0.481 e. The van der Waals surface area contributed by atoms with Crippen molar-refractivity contribution in [2.75, 3.05) is 0 Å². The van der Waals surface area contributed by atoms with E-state index in [2.05, 4.69) is 0 Å². The zero-order valence-electron chi connectivity index (χ0n) is 7.58. The van der Waals surface area contributed by atoms with Crippen LogP contribution in [0.5, 0.6) is 0 Å². The first-order chi connectivity index (χ1) is 6.52. The zero-order valence-corrected chi connectivity index (χ0v) is 8.34. The van der Waals surface area contributed by atoms with Crippen LogP contribution < -0.4 is 0 Å². The van der Waals surface area contributed by atoms with Crippen LogP contribution in [0.4, 0.5) is 0 Å². The number of carbonyl (C=O) groups excluding carboxylic acids is 1. The Labute approximate surface area is 86.3 Å². The summed E-state index contributed by atoms with van der Waals surface area (Å²) in [4.78, 5) is 21.7. The van der Waals surface area contributed by atoms with Crippen LogP contribution in [-0.4, -0.2) is 16.9 Å². The zero-order chi connectivity index (χ0) is 10.7. The average Bonchev–Trinajstić information content (AvgIpc) is 2.08. The number of ketones is 1. The summed E-state index contributed by atoms with van der Waals surface area (Å²) in [7, 11) is 0. The van der Waals surface area contributed by atoms with E-state index < -0.39 is 18.2 Å². The first-order valence-electron chi connectivity index (χ1n) is 4.02. The molecule has 1 rings (SSSR count). The largest absolute Gasteiger partial charge is 0.481 e. The van der Waals surface area contributed by atoms with Gasteiger partial charge in [-0.05, 0) is 18.6 Å². The molecule has 3 nitrogen and oxygen atoms in total. The second-order valence-electron chi connectivity index (χ2n) is 2.91. The van der Waals surface area contributed by atoms with Crippen LogP contribution in [0.15, 0.2) is 18.2 Å². The number of benzene rings is 1. The highest BCUT2D eigenvalue weighted by atomic mass is 35.5. The summed E-state index contributed by atoms with van der Waals surface area (Å²) in [6.07, 6.45) is -0.499. The van der Waals surface area contributed by atoms with Gasteiger partial charge in [-0.2, -0.15) is 0 Å². The molecule has 14 heavy (non-hydrogen) atoms. The number of halogens is 1. The van der Waals surface area contributed by atoms with E-state index in [4.69, 9.17) is 16.7 Å². The summed E-state index contributed by atoms with van der Waals surface area (Å²) in [6, 6.07) is 4.87. The fourth-order valence-electron chi connectivity index (χ4n) is 1.14. The third-order valence-electron chi connectivity index (χ3n) is 1.88. The summed E-state index contributed by atoms with van der Waals surface area (Å²) < 4.78 is 0. The summed E-state index contributed by atoms with van der Waals surface area (Å²) in [5.74, 6) is -1.55. The third-order valence-corrected chi connectivity index (χ3v) is 2.29. The molecule has 0 bridgehead atoms. The topological polar surface area (TPSA) is 54.4 Å². The molecule has 0 saturated carbocycles. The molecular formula is C10H9ClO3. The van der Waals surface area contributed by atoms with Crippen molar-refractivity contribution in [3.63, 3.8) is 0 Å². The molecule has 0 unspecified atom stereocenters. The molecule has 1 N–H and O–H groups in total. The van der Waals surface area contributed by atoms with Gasteiger partial charge in [-0.1, -0.05) is 23.7 Å². The van der Waals surface area contributed by atoms with Crippen molar-refractivity contribution >= 4 is 23.4 Å². The molecule has 0 aliphatic rings. The van der Waals surface area contributed by atoms with Gasteiger partial charge in [-0.15, -0.1) is 0 Å². The van der Waals surface area contributed by atoms with Crippen LogP contribution in [0, 0.1) is 6.92 Å². The smallest absolute Gasteiger partial charge is 0.311 e. The predicted molar refractivity (Wildman–Crippen MR) is 52.8 cm³/mol. The van der Waals surface area contributed by atoms with E-state index >= 15 is 0 Å². The summed E-state index contributed by atoms with van der Waals surface area (Å²) in [5.41, 5.74) is 1.00. The Balaban J connectivity index is 3.01.